The number of nitrogens with one attached hydrogen (secondary N) is 1. The van der Waals surface area contributed by atoms with Crippen LogP contribution in [-0.2, 0) is 10.9 Å². The molecule has 250 valence electrons. The number of amides is 2. The Kier molecular flexibility index (Phi) is 8.18. The van der Waals surface area contributed by atoms with Crippen molar-refractivity contribution in [1.29, 1.82) is 5.26 Å². The zero-order valence-corrected chi connectivity index (χ0v) is 26.8. The first-order chi connectivity index (χ1) is 22.6. The average molecular weight is 662 g/mol. The standard InChI is InChI=1S/C34H34F3N7O4/c1-20-29(28-12-13-39-44(28)26-10-8-21(17-38)9-11-26)43(31(46)42(20)27-7-5-6-24(16-27)34(35,36)37)30(45)40-25-14-22-18-41(19-23(22)15-25)32(47)48-33(2,3)4/h5-13,16,22-23,25H,14-15,18-19H2,1-4H3,(H,40,45)/t22-,23+,25+. The normalized spacial score (nSPS) is 19.2. The van der Waals surface area contributed by atoms with Crippen molar-refractivity contribution in [2.24, 2.45) is 11.8 Å². The van der Waals surface area contributed by atoms with Gasteiger partial charge >= 0.3 is 24.0 Å². The Morgan fingerprint density at radius 3 is 2.27 bits per heavy atom. The van der Waals surface area contributed by atoms with E-state index in [9.17, 15) is 32.8 Å². The Balaban J connectivity index is 1.35. The average Bonchev–Trinajstić information content (AvgIpc) is 3.78. The number of ether oxygens (including phenoxy) is 1. The van der Waals surface area contributed by atoms with Crippen molar-refractivity contribution < 1.29 is 27.5 Å². The number of rotatable bonds is 4. The first kappa shape index (κ1) is 32.6. The molecule has 2 aliphatic rings. The molecule has 11 nitrogen and oxygen atoms in total. The largest absolute Gasteiger partial charge is 0.444 e. The van der Waals surface area contributed by atoms with E-state index in [0.717, 1.165) is 21.3 Å². The Morgan fingerprint density at radius 2 is 1.67 bits per heavy atom. The third kappa shape index (κ3) is 6.20. The second-order valence-electron chi connectivity index (χ2n) is 13.2. The molecule has 2 aromatic carbocycles. The Morgan fingerprint density at radius 1 is 1.00 bits per heavy atom. The highest BCUT2D eigenvalue weighted by Gasteiger charge is 2.44. The fraction of sp³-hybridized carbons (Fsp3) is 0.382. The Labute approximate surface area is 274 Å². The van der Waals surface area contributed by atoms with Gasteiger partial charge in [0.25, 0.3) is 0 Å². The number of carbonyl (C=O) groups excluding carboxylic acids is 2. The van der Waals surface area contributed by atoms with Crippen LogP contribution in [0.5, 0.6) is 0 Å². The maximum atomic E-state index is 14.1. The molecule has 2 fully saturated rings. The highest BCUT2D eigenvalue weighted by Crippen LogP contribution is 2.39. The summed E-state index contributed by atoms with van der Waals surface area (Å²) >= 11 is 0. The van der Waals surface area contributed by atoms with Crippen molar-refractivity contribution in [2.75, 3.05) is 13.1 Å². The number of nitrogens with zero attached hydrogens (tertiary/aromatic N) is 6. The van der Waals surface area contributed by atoms with Gasteiger partial charge in [-0.1, -0.05) is 6.07 Å². The molecule has 0 bridgehead atoms. The van der Waals surface area contributed by atoms with Crippen molar-refractivity contribution in [1.82, 2.24) is 29.1 Å². The van der Waals surface area contributed by atoms with E-state index < -0.39 is 29.1 Å². The lowest BCUT2D eigenvalue weighted by Gasteiger charge is -2.25. The van der Waals surface area contributed by atoms with E-state index >= 15 is 0 Å². The van der Waals surface area contributed by atoms with Gasteiger partial charge in [0, 0.05) is 19.1 Å². The number of hydrogen-bond donors (Lipinski definition) is 1. The van der Waals surface area contributed by atoms with Crippen LogP contribution in [0.1, 0.15) is 50.4 Å². The molecule has 48 heavy (non-hydrogen) atoms. The van der Waals surface area contributed by atoms with Crippen LogP contribution in [0, 0.1) is 30.1 Å². The number of imidazole rings is 1. The van der Waals surface area contributed by atoms with Crippen LogP contribution < -0.4 is 11.0 Å². The molecule has 1 saturated heterocycles. The quantitative estimate of drug-likeness (QED) is 0.291. The van der Waals surface area contributed by atoms with Gasteiger partial charge in [-0.3, -0.25) is 4.57 Å². The third-order valence-corrected chi connectivity index (χ3v) is 8.78. The summed E-state index contributed by atoms with van der Waals surface area (Å²) in [4.78, 5) is 42.5. The fourth-order valence-corrected chi connectivity index (χ4v) is 6.72. The smallest absolute Gasteiger partial charge is 0.416 e. The van der Waals surface area contributed by atoms with Crippen LogP contribution in [0.4, 0.5) is 22.8 Å². The lowest BCUT2D eigenvalue weighted by atomic mass is 10.0. The van der Waals surface area contributed by atoms with Gasteiger partial charge in [0.15, 0.2) is 0 Å². The van der Waals surface area contributed by atoms with E-state index in [1.807, 2.05) is 20.8 Å². The summed E-state index contributed by atoms with van der Waals surface area (Å²) in [6.07, 6.45) is -2.38. The van der Waals surface area contributed by atoms with Gasteiger partial charge in [0.05, 0.1) is 46.2 Å². The van der Waals surface area contributed by atoms with E-state index in [0.29, 0.717) is 42.9 Å². The van der Waals surface area contributed by atoms with E-state index in [1.165, 1.54) is 23.0 Å². The van der Waals surface area contributed by atoms with E-state index in [1.54, 1.807) is 42.2 Å². The van der Waals surface area contributed by atoms with Crippen LogP contribution in [-0.4, -0.2) is 60.7 Å². The monoisotopic (exact) mass is 661 g/mol. The number of halogens is 3. The second-order valence-corrected chi connectivity index (χ2v) is 13.2. The summed E-state index contributed by atoms with van der Waals surface area (Å²) in [5.41, 5.74) is -0.787. The molecular formula is C34H34F3N7O4. The SMILES string of the molecule is Cc1c(-c2ccnn2-c2ccc(C#N)cc2)n(C(=O)N[C@H]2C[C@@H]3CN(C(=O)OC(C)(C)C)C[C@@H]3C2)c(=O)n1-c1cccc(C(F)(F)F)c1. The number of nitriles is 1. The highest BCUT2D eigenvalue weighted by atomic mass is 19.4. The summed E-state index contributed by atoms with van der Waals surface area (Å²) in [6.45, 7) is 7.97. The first-order valence-corrected chi connectivity index (χ1v) is 15.5. The number of aromatic nitrogens is 4. The molecule has 6 rings (SSSR count). The molecule has 4 aromatic rings. The second kappa shape index (κ2) is 12.0. The predicted octanol–water partition coefficient (Wildman–Crippen LogP) is 5.89. The van der Waals surface area contributed by atoms with Crippen molar-refractivity contribution in [2.45, 2.75) is 58.4 Å². The molecule has 1 aliphatic carbocycles. The van der Waals surface area contributed by atoms with Crippen molar-refractivity contribution >= 4 is 12.1 Å². The first-order valence-electron chi connectivity index (χ1n) is 15.5. The van der Waals surface area contributed by atoms with Gasteiger partial charge in [-0.05, 0) is 101 Å². The number of likely N-dealkylation sites (tertiary alicyclic amines) is 1. The van der Waals surface area contributed by atoms with Gasteiger partial charge < -0.3 is 15.0 Å². The molecule has 3 heterocycles. The highest BCUT2D eigenvalue weighted by molar-refractivity contribution is 5.83. The van der Waals surface area contributed by atoms with Crippen LogP contribution in [0.25, 0.3) is 22.8 Å². The fourth-order valence-electron chi connectivity index (χ4n) is 6.72. The molecule has 1 saturated carbocycles. The molecule has 0 radical (unpaired) electrons. The molecule has 3 atom stereocenters. The lowest BCUT2D eigenvalue weighted by molar-refractivity contribution is -0.137. The third-order valence-electron chi connectivity index (χ3n) is 8.78. The van der Waals surface area contributed by atoms with Crippen molar-refractivity contribution in [3.63, 3.8) is 0 Å². The van der Waals surface area contributed by atoms with Gasteiger partial charge in [-0.15, -0.1) is 0 Å². The minimum Gasteiger partial charge on any atom is -0.444 e. The van der Waals surface area contributed by atoms with Gasteiger partial charge in [0.2, 0.25) is 0 Å². The maximum Gasteiger partial charge on any atom is 0.416 e. The van der Waals surface area contributed by atoms with Gasteiger partial charge in [0.1, 0.15) is 11.3 Å². The van der Waals surface area contributed by atoms with Crippen LogP contribution in [0.2, 0.25) is 0 Å². The van der Waals surface area contributed by atoms with Gasteiger partial charge in [-0.25, -0.2) is 23.6 Å². The molecule has 2 amide bonds. The van der Waals surface area contributed by atoms with Crippen LogP contribution >= 0.6 is 0 Å². The van der Waals surface area contributed by atoms with Gasteiger partial charge in [-0.2, -0.15) is 23.5 Å². The van der Waals surface area contributed by atoms with Crippen molar-refractivity contribution in [3.05, 3.63) is 88.1 Å². The summed E-state index contributed by atoms with van der Waals surface area (Å²) in [6, 6.07) is 13.5. The topological polar surface area (TPSA) is 127 Å². The zero-order valence-electron chi connectivity index (χ0n) is 26.8. The molecule has 1 aliphatic heterocycles. The Hall–Kier alpha value is -5.32. The summed E-state index contributed by atoms with van der Waals surface area (Å²) < 4.78 is 50.0. The molecule has 0 spiro atoms. The van der Waals surface area contributed by atoms with Crippen molar-refractivity contribution in [3.8, 4) is 28.8 Å². The molecule has 0 unspecified atom stereocenters. The number of hydrogen-bond acceptors (Lipinski definition) is 6. The summed E-state index contributed by atoms with van der Waals surface area (Å²) in [5.74, 6) is 0.265. The molecular weight excluding hydrogens is 627 g/mol. The molecule has 1 N–H and O–H groups in total. The van der Waals surface area contributed by atoms with Crippen LogP contribution in [0.3, 0.4) is 0 Å². The predicted molar refractivity (Wildman–Crippen MR) is 169 cm³/mol. The number of carbonyl (C=O) groups is 2. The zero-order chi connectivity index (χ0) is 34.5. The van der Waals surface area contributed by atoms with E-state index in [2.05, 4.69) is 16.5 Å². The number of alkyl halides is 3. The van der Waals surface area contributed by atoms with E-state index in [4.69, 9.17) is 4.74 Å². The van der Waals surface area contributed by atoms with E-state index in [-0.39, 0.29) is 41.0 Å². The summed E-state index contributed by atoms with van der Waals surface area (Å²) in [7, 11) is 0. The molecule has 2 aromatic heterocycles. The lowest BCUT2D eigenvalue weighted by Crippen LogP contribution is -2.42. The maximum absolute atomic E-state index is 14.1. The number of fused-ring (bicyclic) bond motifs is 1. The Bertz CT molecular complexity index is 1970. The van der Waals surface area contributed by atoms with Crippen LogP contribution in [0.15, 0.2) is 65.6 Å². The minimum absolute atomic E-state index is 0.0535. The minimum atomic E-state index is -4.65. The number of benzene rings is 2. The molecule has 14 heteroatoms. The summed E-state index contributed by atoms with van der Waals surface area (Å²) in [5, 5.41) is 16.6.